The highest BCUT2D eigenvalue weighted by Gasteiger charge is 2.48. The molecule has 3 amide bonds. The Labute approximate surface area is 95.2 Å². The van der Waals surface area contributed by atoms with E-state index in [1.165, 1.54) is 24.7 Å². The number of urea groups is 1. The molecule has 0 aromatic rings. The fourth-order valence-corrected chi connectivity index (χ4v) is 2.65. The Balaban J connectivity index is 2.49. The van der Waals surface area contributed by atoms with Gasteiger partial charge in [0, 0.05) is 0 Å². The number of amides is 3. The first kappa shape index (κ1) is 10.9. The summed E-state index contributed by atoms with van der Waals surface area (Å²) in [5.41, 5.74) is 0. The third-order valence-corrected chi connectivity index (χ3v) is 3.78. The summed E-state index contributed by atoms with van der Waals surface area (Å²) >= 11 is 0.956. The van der Waals surface area contributed by atoms with Gasteiger partial charge in [-0.25, -0.2) is 9.59 Å². The van der Waals surface area contributed by atoms with Gasteiger partial charge in [0.05, 0.1) is 19.0 Å². The number of rotatable bonds is 1. The van der Waals surface area contributed by atoms with Crippen LogP contribution in [0, 0.1) is 5.92 Å². The Morgan fingerprint density at radius 3 is 2.75 bits per heavy atom. The van der Waals surface area contributed by atoms with Crippen LogP contribution in [0.3, 0.4) is 0 Å². The van der Waals surface area contributed by atoms with Crippen molar-refractivity contribution in [3.8, 4) is 0 Å². The van der Waals surface area contributed by atoms with E-state index in [9.17, 15) is 14.4 Å². The van der Waals surface area contributed by atoms with Gasteiger partial charge >= 0.3 is 17.9 Å². The average Bonchev–Trinajstić information content (AvgIpc) is 2.68. The lowest BCUT2D eigenvalue weighted by Gasteiger charge is -2.18. The second-order valence-electron chi connectivity index (χ2n) is 3.49. The Kier molecular flexibility index (Phi) is 2.34. The molecule has 0 spiro atoms. The zero-order valence-corrected chi connectivity index (χ0v) is 9.45. The molecule has 6 nitrogen and oxygen atoms in total. The van der Waals surface area contributed by atoms with Gasteiger partial charge in [0.2, 0.25) is 0 Å². The normalized spacial score (nSPS) is 24.8. The van der Waals surface area contributed by atoms with Gasteiger partial charge in [0.15, 0.2) is 5.04 Å². The summed E-state index contributed by atoms with van der Waals surface area (Å²) in [6, 6.07) is -0.441. The lowest BCUT2D eigenvalue weighted by Crippen LogP contribution is -2.49. The second kappa shape index (κ2) is 3.44. The van der Waals surface area contributed by atoms with E-state index in [-0.39, 0.29) is 10.8 Å². The molecule has 0 radical (unpaired) electrons. The Morgan fingerprint density at radius 2 is 2.19 bits per heavy atom. The Morgan fingerprint density at radius 1 is 1.56 bits per heavy atom. The van der Waals surface area contributed by atoms with Crippen molar-refractivity contribution in [1.29, 1.82) is 0 Å². The number of carboxylic acids is 1. The predicted molar refractivity (Wildman–Crippen MR) is 56.2 cm³/mol. The summed E-state index contributed by atoms with van der Waals surface area (Å²) in [5, 5.41) is 9.30. The van der Waals surface area contributed by atoms with Crippen molar-refractivity contribution in [2.45, 2.75) is 0 Å². The number of carbonyl (C=O) groups excluding carboxylic acids is 2. The monoisotopic (exact) mass is 241 g/mol. The highest BCUT2D eigenvalue weighted by molar-refractivity contribution is 8.18. The first-order valence-electron chi connectivity index (χ1n) is 4.48. The number of carboxylic acid groups (broad SMARTS) is 1. The van der Waals surface area contributed by atoms with E-state index in [1.54, 1.807) is 0 Å². The lowest BCUT2D eigenvalue weighted by atomic mass is 10.1. The van der Waals surface area contributed by atoms with Crippen LogP contribution in [0.25, 0.3) is 0 Å². The molecular formula is C9H9N2O4S+. The van der Waals surface area contributed by atoms with Crippen LogP contribution < -0.4 is 0 Å². The minimum absolute atomic E-state index is 0.0864. The summed E-state index contributed by atoms with van der Waals surface area (Å²) in [6.07, 6.45) is 1.38. The van der Waals surface area contributed by atoms with E-state index < -0.39 is 17.9 Å². The summed E-state index contributed by atoms with van der Waals surface area (Å²) < 4.78 is 1.31. The van der Waals surface area contributed by atoms with Gasteiger partial charge in [-0.05, 0) is 17.8 Å². The van der Waals surface area contributed by atoms with Crippen molar-refractivity contribution >= 4 is 34.7 Å². The van der Waals surface area contributed by atoms with Crippen LogP contribution in [0.4, 0.5) is 4.79 Å². The molecule has 1 unspecified atom stereocenters. The fourth-order valence-electron chi connectivity index (χ4n) is 1.62. The molecule has 0 aromatic carbocycles. The Hall–Kier alpha value is -1.63. The fraction of sp³-hybridized carbons (Fsp3) is 0.333. The number of fused-ring (bicyclic) bond motifs is 1. The number of thioether (sulfide) groups is 1. The van der Waals surface area contributed by atoms with Crippen LogP contribution in [-0.2, 0) is 9.59 Å². The molecule has 1 atom stereocenters. The van der Waals surface area contributed by atoms with Gasteiger partial charge in [-0.1, -0.05) is 0 Å². The summed E-state index contributed by atoms with van der Waals surface area (Å²) in [6.45, 7) is 0. The maximum absolute atomic E-state index is 11.7. The highest BCUT2D eigenvalue weighted by atomic mass is 32.2. The van der Waals surface area contributed by atoms with E-state index >= 15 is 0 Å². The molecular weight excluding hydrogens is 232 g/mol. The largest absolute Gasteiger partial charge is 0.500 e. The summed E-state index contributed by atoms with van der Waals surface area (Å²) in [7, 11) is 2.91. The van der Waals surface area contributed by atoms with Crippen molar-refractivity contribution in [1.82, 2.24) is 4.90 Å². The molecule has 16 heavy (non-hydrogen) atoms. The Bertz CT molecular complexity index is 480. The molecule has 84 valence electrons. The van der Waals surface area contributed by atoms with Crippen molar-refractivity contribution in [3.63, 3.8) is 0 Å². The molecule has 2 aliphatic rings. The zero-order chi connectivity index (χ0) is 12.0. The van der Waals surface area contributed by atoms with Crippen molar-refractivity contribution in [2.75, 3.05) is 14.1 Å². The average molecular weight is 241 g/mol. The third-order valence-electron chi connectivity index (χ3n) is 2.51. The molecule has 1 N–H and O–H groups in total. The second-order valence-corrected chi connectivity index (χ2v) is 4.56. The van der Waals surface area contributed by atoms with Crippen molar-refractivity contribution in [2.24, 2.45) is 5.92 Å². The number of imide groups is 1. The first-order valence-corrected chi connectivity index (χ1v) is 5.30. The molecule has 0 bridgehead atoms. The summed E-state index contributed by atoms with van der Waals surface area (Å²) in [5.74, 6) is -2.10. The van der Waals surface area contributed by atoms with Crippen molar-refractivity contribution in [3.05, 3.63) is 11.0 Å². The minimum atomic E-state index is -1.08. The highest BCUT2D eigenvalue weighted by Crippen LogP contribution is 2.34. The molecule has 2 heterocycles. The molecule has 0 fully saturated rings. The SMILES string of the molecule is CN1C(=O)C2C=C(C(=O)O)SC2=[N+](C)C1=O. The number of hydrogen-bond donors (Lipinski definition) is 1. The van der Waals surface area contributed by atoms with Crippen LogP contribution in [0.1, 0.15) is 0 Å². The van der Waals surface area contributed by atoms with Gasteiger partial charge in [-0.2, -0.15) is 14.3 Å². The van der Waals surface area contributed by atoms with Crippen LogP contribution in [0.5, 0.6) is 0 Å². The number of hydrogen-bond acceptors (Lipinski definition) is 4. The maximum atomic E-state index is 11.7. The van der Waals surface area contributed by atoms with Gasteiger partial charge < -0.3 is 5.11 Å². The van der Waals surface area contributed by atoms with Crippen LogP contribution in [0.15, 0.2) is 11.0 Å². The van der Waals surface area contributed by atoms with Crippen LogP contribution >= 0.6 is 11.8 Å². The molecule has 7 heteroatoms. The standard InChI is InChI=1S/C9H8N2O4S/c1-10-6(12)4-3-5(8(13)14)16-7(4)11(2)9(10)15/h3-4H,1-2H3/p+1. The number of aliphatic carboxylic acids is 1. The smallest absolute Gasteiger partial charge is 0.477 e. The molecule has 2 aliphatic heterocycles. The van der Waals surface area contributed by atoms with E-state index in [2.05, 4.69) is 0 Å². The maximum Gasteiger partial charge on any atom is 0.500 e. The van der Waals surface area contributed by atoms with E-state index in [1.807, 2.05) is 0 Å². The van der Waals surface area contributed by atoms with Gasteiger partial charge in [-0.15, -0.1) is 0 Å². The van der Waals surface area contributed by atoms with Crippen LogP contribution in [-0.4, -0.2) is 51.6 Å². The van der Waals surface area contributed by atoms with Crippen LogP contribution in [0.2, 0.25) is 0 Å². The lowest BCUT2D eigenvalue weighted by molar-refractivity contribution is -0.403. The third kappa shape index (κ3) is 1.35. The quantitative estimate of drug-likeness (QED) is 0.651. The van der Waals surface area contributed by atoms with Gasteiger partial charge in [0.1, 0.15) is 5.92 Å². The van der Waals surface area contributed by atoms with Gasteiger partial charge in [0.25, 0.3) is 0 Å². The molecule has 2 rings (SSSR count). The van der Waals surface area contributed by atoms with E-state index in [4.69, 9.17) is 5.11 Å². The molecule has 0 saturated carbocycles. The molecule has 0 aromatic heterocycles. The van der Waals surface area contributed by atoms with Gasteiger partial charge in [-0.3, -0.25) is 0 Å². The molecule has 0 saturated heterocycles. The number of nitrogens with zero attached hydrogens (tertiary/aromatic N) is 2. The first-order chi connectivity index (χ1) is 7.43. The minimum Gasteiger partial charge on any atom is -0.477 e. The predicted octanol–water partition coefficient (Wildman–Crippen LogP) is -0.0493. The number of carbonyl (C=O) groups is 3. The van der Waals surface area contributed by atoms with E-state index in [0.29, 0.717) is 5.04 Å². The van der Waals surface area contributed by atoms with Crippen molar-refractivity contribution < 1.29 is 24.1 Å². The zero-order valence-electron chi connectivity index (χ0n) is 8.63. The van der Waals surface area contributed by atoms with E-state index in [0.717, 1.165) is 16.7 Å². The molecule has 0 aliphatic carbocycles. The topological polar surface area (TPSA) is 77.7 Å². The summed E-state index contributed by atoms with van der Waals surface area (Å²) in [4.78, 5) is 35.2.